The molecule has 6 nitrogen and oxygen atoms in total. The number of nitriles is 1. The van der Waals surface area contributed by atoms with Crippen LogP contribution >= 0.6 is 27.5 Å². The van der Waals surface area contributed by atoms with Gasteiger partial charge < -0.3 is 0 Å². The zero-order valence-electron chi connectivity index (χ0n) is 13.8. The van der Waals surface area contributed by atoms with Gasteiger partial charge in [0.05, 0.1) is 4.47 Å². The molecule has 1 amide bonds. The number of halogens is 2. The van der Waals surface area contributed by atoms with E-state index in [1.807, 2.05) is 32.0 Å². The Balaban J connectivity index is 2.28. The second-order valence-electron chi connectivity index (χ2n) is 5.75. The summed E-state index contributed by atoms with van der Waals surface area (Å²) in [5, 5.41) is 10.6. The lowest BCUT2D eigenvalue weighted by Gasteiger charge is -2.26. The number of amides is 1. The fourth-order valence-corrected chi connectivity index (χ4v) is 2.67. The summed E-state index contributed by atoms with van der Waals surface area (Å²) in [6.07, 6.45) is 1.50. The van der Waals surface area contributed by atoms with Crippen LogP contribution in [0.15, 0.2) is 34.9 Å². The van der Waals surface area contributed by atoms with Gasteiger partial charge in [-0.2, -0.15) is 10.2 Å². The van der Waals surface area contributed by atoms with Crippen LogP contribution in [-0.2, 0) is 5.88 Å². The Kier molecular flexibility index (Phi) is 6.73. The molecule has 1 heterocycles. The molecule has 1 aromatic heterocycles. The average molecular weight is 423 g/mol. The summed E-state index contributed by atoms with van der Waals surface area (Å²) in [6.45, 7) is 4.56. The van der Waals surface area contributed by atoms with E-state index in [1.165, 1.54) is 6.20 Å². The lowest BCUT2D eigenvalue weighted by atomic mass is 10.1. The molecule has 130 valence electrons. The van der Waals surface area contributed by atoms with Gasteiger partial charge in [-0.3, -0.25) is 15.2 Å². The summed E-state index contributed by atoms with van der Waals surface area (Å²) >= 11 is 9.15. The van der Waals surface area contributed by atoms with Crippen LogP contribution in [0, 0.1) is 17.2 Å². The minimum Gasteiger partial charge on any atom is -0.267 e. The summed E-state index contributed by atoms with van der Waals surface area (Å²) in [6, 6.07) is 8.96. The third kappa shape index (κ3) is 5.15. The van der Waals surface area contributed by atoms with Crippen molar-refractivity contribution in [3.05, 3.63) is 51.9 Å². The molecule has 0 unspecified atom stereocenters. The van der Waals surface area contributed by atoms with Gasteiger partial charge in [-0.25, -0.2) is 4.98 Å². The van der Waals surface area contributed by atoms with E-state index in [9.17, 15) is 4.79 Å². The smallest absolute Gasteiger partial charge is 0.267 e. The minimum absolute atomic E-state index is 0.0349. The molecule has 0 bridgehead atoms. The molecular formula is C17H17BrClN5O. The van der Waals surface area contributed by atoms with Gasteiger partial charge in [0.15, 0.2) is 5.82 Å². The number of anilines is 1. The van der Waals surface area contributed by atoms with Crippen molar-refractivity contribution >= 4 is 39.3 Å². The number of carbonyl (C=O) groups is 1. The van der Waals surface area contributed by atoms with Gasteiger partial charge in [0.1, 0.15) is 6.07 Å². The lowest BCUT2D eigenvalue weighted by molar-refractivity contribution is 0.0947. The molecule has 0 spiro atoms. The van der Waals surface area contributed by atoms with Crippen molar-refractivity contribution in [1.82, 2.24) is 15.4 Å². The number of aromatic nitrogens is 2. The van der Waals surface area contributed by atoms with E-state index in [0.29, 0.717) is 28.3 Å². The van der Waals surface area contributed by atoms with Gasteiger partial charge in [-0.1, -0.05) is 26.0 Å². The fraction of sp³-hybridized carbons (Fsp3) is 0.294. The number of nitrogens with one attached hydrogen (secondary N) is 1. The molecule has 2 rings (SSSR count). The van der Waals surface area contributed by atoms with Crippen molar-refractivity contribution in [1.29, 1.82) is 5.26 Å². The summed E-state index contributed by atoms with van der Waals surface area (Å²) in [5.74, 6) is 0.849. The molecule has 0 fully saturated rings. The first-order chi connectivity index (χ1) is 11.9. The van der Waals surface area contributed by atoms with E-state index in [4.69, 9.17) is 16.9 Å². The largest absolute Gasteiger partial charge is 0.269 e. The van der Waals surface area contributed by atoms with E-state index < -0.39 is 0 Å². The van der Waals surface area contributed by atoms with Gasteiger partial charge in [-0.05, 0) is 39.5 Å². The number of nitrogens with zero attached hydrogens (tertiary/aromatic N) is 4. The van der Waals surface area contributed by atoms with Crippen molar-refractivity contribution in [3.8, 4) is 6.07 Å². The standard InChI is InChI=1S/C17H17BrClN5O/c1-11(2)10-24(16-14(18)9-21-15(8-20)22-16)23-17(25)13-5-3-12(7-19)4-6-13/h3-6,9,11H,7,10H2,1-2H3,(H,23,25). The number of hydrogen-bond acceptors (Lipinski definition) is 5. The minimum atomic E-state index is -0.272. The Bertz CT molecular complexity index is 789. The predicted molar refractivity (Wildman–Crippen MR) is 100 cm³/mol. The molecule has 0 radical (unpaired) electrons. The van der Waals surface area contributed by atoms with Crippen molar-refractivity contribution < 1.29 is 4.79 Å². The van der Waals surface area contributed by atoms with E-state index in [1.54, 1.807) is 17.1 Å². The van der Waals surface area contributed by atoms with Crippen LogP contribution in [0.3, 0.4) is 0 Å². The van der Waals surface area contributed by atoms with Gasteiger partial charge in [0, 0.05) is 24.2 Å². The van der Waals surface area contributed by atoms with E-state index in [-0.39, 0.29) is 17.6 Å². The molecule has 8 heteroatoms. The molecule has 1 aromatic carbocycles. The first-order valence-corrected chi connectivity index (χ1v) is 8.93. The van der Waals surface area contributed by atoms with Crippen LogP contribution in [0.1, 0.15) is 35.6 Å². The van der Waals surface area contributed by atoms with Crippen LogP contribution in [0.2, 0.25) is 0 Å². The summed E-state index contributed by atoms with van der Waals surface area (Å²) in [5.41, 5.74) is 4.29. The van der Waals surface area contributed by atoms with Crippen molar-refractivity contribution in [2.45, 2.75) is 19.7 Å². The van der Waals surface area contributed by atoms with Crippen LogP contribution in [0.5, 0.6) is 0 Å². The molecule has 0 aliphatic heterocycles. The SMILES string of the molecule is CC(C)CN(NC(=O)c1ccc(CCl)cc1)c1nc(C#N)ncc1Br. The summed E-state index contributed by atoms with van der Waals surface area (Å²) in [4.78, 5) is 20.7. The van der Waals surface area contributed by atoms with Crippen LogP contribution < -0.4 is 10.4 Å². The van der Waals surface area contributed by atoms with Crippen LogP contribution in [0.25, 0.3) is 0 Å². The van der Waals surface area contributed by atoms with Crippen LogP contribution in [0.4, 0.5) is 5.82 Å². The number of benzene rings is 1. The number of carbonyl (C=O) groups excluding carboxylic acids is 1. The van der Waals surface area contributed by atoms with E-state index in [2.05, 4.69) is 31.3 Å². The van der Waals surface area contributed by atoms with Gasteiger partial charge >= 0.3 is 0 Å². The maximum Gasteiger partial charge on any atom is 0.269 e. The molecule has 0 aliphatic rings. The fourth-order valence-electron chi connectivity index (χ4n) is 2.08. The van der Waals surface area contributed by atoms with Crippen molar-refractivity contribution in [2.24, 2.45) is 5.92 Å². The van der Waals surface area contributed by atoms with Gasteiger partial charge in [0.2, 0.25) is 5.82 Å². The van der Waals surface area contributed by atoms with Gasteiger partial charge in [0.25, 0.3) is 5.91 Å². The third-order valence-corrected chi connectivity index (χ3v) is 4.10. The number of alkyl halides is 1. The van der Waals surface area contributed by atoms with E-state index >= 15 is 0 Å². The highest BCUT2D eigenvalue weighted by atomic mass is 79.9. The Morgan fingerprint density at radius 2 is 2.08 bits per heavy atom. The Morgan fingerprint density at radius 1 is 1.40 bits per heavy atom. The topological polar surface area (TPSA) is 81.9 Å². The highest BCUT2D eigenvalue weighted by Crippen LogP contribution is 2.23. The Hall–Kier alpha value is -2.17. The molecule has 2 aromatic rings. The number of rotatable bonds is 6. The van der Waals surface area contributed by atoms with E-state index in [0.717, 1.165) is 5.56 Å². The molecule has 1 N–H and O–H groups in total. The quantitative estimate of drug-likeness (QED) is 0.567. The Morgan fingerprint density at radius 3 is 2.64 bits per heavy atom. The van der Waals surface area contributed by atoms with Crippen molar-refractivity contribution in [2.75, 3.05) is 11.6 Å². The number of hydrogen-bond donors (Lipinski definition) is 1. The van der Waals surface area contributed by atoms with Gasteiger partial charge in [-0.15, -0.1) is 11.6 Å². The maximum atomic E-state index is 12.6. The summed E-state index contributed by atoms with van der Waals surface area (Å²) in [7, 11) is 0. The van der Waals surface area contributed by atoms with Crippen molar-refractivity contribution in [3.63, 3.8) is 0 Å². The normalized spacial score (nSPS) is 10.4. The monoisotopic (exact) mass is 421 g/mol. The molecule has 0 aliphatic carbocycles. The van der Waals surface area contributed by atoms with Crippen LogP contribution in [-0.4, -0.2) is 22.4 Å². The number of hydrazine groups is 1. The second-order valence-corrected chi connectivity index (χ2v) is 6.87. The molecule has 0 saturated carbocycles. The zero-order valence-corrected chi connectivity index (χ0v) is 16.2. The average Bonchev–Trinajstić information content (AvgIpc) is 2.61. The molecule has 0 atom stereocenters. The summed E-state index contributed by atoms with van der Waals surface area (Å²) < 4.78 is 0.588. The maximum absolute atomic E-state index is 12.6. The lowest BCUT2D eigenvalue weighted by Crippen LogP contribution is -2.45. The third-order valence-electron chi connectivity index (χ3n) is 3.24. The Labute approximate surface area is 159 Å². The second kappa shape index (κ2) is 8.79. The zero-order chi connectivity index (χ0) is 18.4. The molecular weight excluding hydrogens is 406 g/mol. The first-order valence-electron chi connectivity index (χ1n) is 7.60. The molecule has 0 saturated heterocycles. The first kappa shape index (κ1) is 19.2. The molecule has 25 heavy (non-hydrogen) atoms. The predicted octanol–water partition coefficient (Wildman–Crippen LogP) is 3.66. The highest BCUT2D eigenvalue weighted by Gasteiger charge is 2.18. The highest BCUT2D eigenvalue weighted by molar-refractivity contribution is 9.10.